The van der Waals surface area contributed by atoms with Crippen molar-refractivity contribution in [2.45, 2.75) is 63.5 Å². The zero-order valence-corrected chi connectivity index (χ0v) is 15.1. The molecule has 1 aliphatic carbocycles. The third-order valence-electron chi connectivity index (χ3n) is 5.40. The van der Waals surface area contributed by atoms with E-state index in [9.17, 15) is 4.79 Å². The Hall–Kier alpha value is -1.39. The zero-order valence-electron chi connectivity index (χ0n) is 15.1. The highest BCUT2D eigenvalue weighted by Crippen LogP contribution is 2.34. The first-order valence-corrected chi connectivity index (χ1v) is 9.86. The van der Waals surface area contributed by atoms with Gasteiger partial charge in [-0.1, -0.05) is 49.6 Å². The zero-order chi connectivity index (χ0) is 17.3. The molecule has 2 unspecified atom stereocenters. The van der Waals surface area contributed by atoms with Gasteiger partial charge in [0, 0.05) is 13.0 Å². The molecule has 138 valence electrons. The van der Waals surface area contributed by atoms with E-state index in [0.717, 1.165) is 19.4 Å². The highest BCUT2D eigenvalue weighted by molar-refractivity contribution is 5.76. The number of ether oxygens (including phenoxy) is 2. The number of hydrogen-bond acceptors (Lipinski definition) is 3. The second-order valence-electron chi connectivity index (χ2n) is 7.31. The maximum Gasteiger partial charge on any atom is 0.222 e. The molecule has 0 spiro atoms. The molecule has 0 radical (unpaired) electrons. The number of amides is 1. The molecule has 1 heterocycles. The van der Waals surface area contributed by atoms with Crippen molar-refractivity contribution < 1.29 is 14.3 Å². The molecule has 1 aromatic carbocycles. The molecule has 2 fully saturated rings. The molecule has 3 rings (SSSR count). The summed E-state index contributed by atoms with van der Waals surface area (Å²) in [6.45, 7) is 1.92. The van der Waals surface area contributed by atoms with Gasteiger partial charge in [-0.05, 0) is 37.2 Å². The highest BCUT2D eigenvalue weighted by Gasteiger charge is 2.26. The minimum atomic E-state index is 0.0896. The summed E-state index contributed by atoms with van der Waals surface area (Å²) in [6, 6.07) is 10.5. The average Bonchev–Trinajstić information content (AvgIpc) is 3.18. The molecule has 1 saturated heterocycles. The monoisotopic (exact) mass is 345 g/mol. The molecule has 1 saturated carbocycles. The van der Waals surface area contributed by atoms with E-state index in [4.69, 9.17) is 9.47 Å². The van der Waals surface area contributed by atoms with Crippen LogP contribution in [0.5, 0.6) is 0 Å². The van der Waals surface area contributed by atoms with Crippen LogP contribution in [0.4, 0.5) is 0 Å². The van der Waals surface area contributed by atoms with Gasteiger partial charge in [-0.25, -0.2) is 0 Å². The smallest absolute Gasteiger partial charge is 0.222 e. The summed E-state index contributed by atoms with van der Waals surface area (Å²) in [5.41, 5.74) is 1.23. The van der Waals surface area contributed by atoms with Crippen molar-refractivity contribution in [1.82, 2.24) is 5.32 Å². The highest BCUT2D eigenvalue weighted by atomic mass is 16.5. The van der Waals surface area contributed by atoms with Crippen LogP contribution in [0, 0.1) is 5.92 Å². The molecule has 0 aromatic heterocycles. The first-order valence-electron chi connectivity index (χ1n) is 9.86. The van der Waals surface area contributed by atoms with E-state index in [1.807, 2.05) is 6.07 Å². The lowest BCUT2D eigenvalue weighted by molar-refractivity contribution is -0.123. The third kappa shape index (κ3) is 5.82. The molecular weight excluding hydrogens is 314 g/mol. The first kappa shape index (κ1) is 18.4. The van der Waals surface area contributed by atoms with E-state index in [0.29, 0.717) is 25.6 Å². The largest absolute Gasteiger partial charge is 0.378 e. The van der Waals surface area contributed by atoms with Crippen molar-refractivity contribution in [3.63, 3.8) is 0 Å². The van der Waals surface area contributed by atoms with Gasteiger partial charge in [-0.2, -0.15) is 0 Å². The first-order chi connectivity index (χ1) is 12.3. The maximum absolute atomic E-state index is 12.4. The third-order valence-corrected chi connectivity index (χ3v) is 5.40. The van der Waals surface area contributed by atoms with E-state index in [1.165, 1.54) is 37.7 Å². The summed E-state index contributed by atoms with van der Waals surface area (Å²) in [5, 5.41) is 3.28. The second kappa shape index (κ2) is 9.93. The molecule has 1 N–H and O–H groups in total. The van der Waals surface area contributed by atoms with E-state index < -0.39 is 0 Å². The number of nitrogens with one attached hydrogen (secondary N) is 1. The molecule has 4 nitrogen and oxygen atoms in total. The van der Waals surface area contributed by atoms with E-state index >= 15 is 0 Å². The number of hydrogen-bond donors (Lipinski definition) is 1. The standard InChI is InChI=1S/C21H31NO3/c23-20(13-15-24-16-19-12-7-14-25-19)22-21(17-8-3-1-4-9-17)18-10-5-2-6-11-18/h1,3-4,8-9,18-19,21H,2,5-7,10-16H2,(H,22,23). The van der Waals surface area contributed by atoms with Crippen LogP contribution < -0.4 is 5.32 Å². The quantitative estimate of drug-likeness (QED) is 0.724. The Labute approximate surface area is 151 Å². The lowest BCUT2D eigenvalue weighted by atomic mass is 9.81. The molecule has 0 bridgehead atoms. The van der Waals surface area contributed by atoms with Crippen LogP contribution >= 0.6 is 0 Å². The molecule has 25 heavy (non-hydrogen) atoms. The number of carbonyl (C=O) groups excluding carboxylic acids is 1. The van der Waals surface area contributed by atoms with Crippen LogP contribution in [0.3, 0.4) is 0 Å². The van der Waals surface area contributed by atoms with Gasteiger partial charge < -0.3 is 14.8 Å². The van der Waals surface area contributed by atoms with Gasteiger partial charge in [-0.3, -0.25) is 4.79 Å². The molecule has 1 aliphatic heterocycles. The Bertz CT molecular complexity index is 507. The fraction of sp³-hybridized carbons (Fsp3) is 0.667. The SMILES string of the molecule is O=C(CCOCC1CCCO1)NC(c1ccccc1)C1CCCCC1. The van der Waals surface area contributed by atoms with Gasteiger partial charge in [0.15, 0.2) is 0 Å². The average molecular weight is 345 g/mol. The van der Waals surface area contributed by atoms with Crippen molar-refractivity contribution >= 4 is 5.91 Å². The van der Waals surface area contributed by atoms with E-state index in [-0.39, 0.29) is 18.1 Å². The fourth-order valence-electron chi connectivity index (χ4n) is 4.00. The number of rotatable bonds is 8. The summed E-state index contributed by atoms with van der Waals surface area (Å²) >= 11 is 0. The lowest BCUT2D eigenvalue weighted by Crippen LogP contribution is -2.35. The number of benzene rings is 1. The van der Waals surface area contributed by atoms with Gasteiger partial charge in [0.25, 0.3) is 0 Å². The summed E-state index contributed by atoms with van der Waals surface area (Å²) in [6.07, 6.45) is 9.11. The molecule has 1 aromatic rings. The Morgan fingerprint density at radius 3 is 2.64 bits per heavy atom. The van der Waals surface area contributed by atoms with Crippen LogP contribution in [0.1, 0.15) is 63.0 Å². The van der Waals surface area contributed by atoms with E-state index in [1.54, 1.807) is 0 Å². The van der Waals surface area contributed by atoms with Gasteiger partial charge in [-0.15, -0.1) is 0 Å². The fourth-order valence-corrected chi connectivity index (χ4v) is 4.00. The molecule has 2 atom stereocenters. The van der Waals surface area contributed by atoms with Crippen molar-refractivity contribution in [1.29, 1.82) is 0 Å². The predicted molar refractivity (Wildman–Crippen MR) is 98.3 cm³/mol. The second-order valence-corrected chi connectivity index (χ2v) is 7.31. The molecule has 1 amide bonds. The van der Waals surface area contributed by atoms with Crippen LogP contribution in [0.2, 0.25) is 0 Å². The normalized spacial score (nSPS) is 22.6. The molecule has 2 aliphatic rings. The topological polar surface area (TPSA) is 47.6 Å². The number of carbonyl (C=O) groups is 1. The van der Waals surface area contributed by atoms with Crippen LogP contribution in [-0.2, 0) is 14.3 Å². The molecular formula is C21H31NO3. The minimum Gasteiger partial charge on any atom is -0.378 e. The van der Waals surface area contributed by atoms with Gasteiger partial charge >= 0.3 is 0 Å². The summed E-state index contributed by atoms with van der Waals surface area (Å²) in [7, 11) is 0. The van der Waals surface area contributed by atoms with Gasteiger partial charge in [0.05, 0.1) is 25.4 Å². The maximum atomic E-state index is 12.4. The molecule has 4 heteroatoms. The van der Waals surface area contributed by atoms with Crippen molar-refractivity contribution in [3.8, 4) is 0 Å². The Balaban J connectivity index is 1.47. The van der Waals surface area contributed by atoms with Crippen molar-refractivity contribution in [3.05, 3.63) is 35.9 Å². The van der Waals surface area contributed by atoms with Crippen LogP contribution in [0.25, 0.3) is 0 Å². The van der Waals surface area contributed by atoms with Gasteiger partial charge in [0.1, 0.15) is 0 Å². The van der Waals surface area contributed by atoms with Crippen molar-refractivity contribution in [2.75, 3.05) is 19.8 Å². The summed E-state index contributed by atoms with van der Waals surface area (Å²) < 4.78 is 11.2. The summed E-state index contributed by atoms with van der Waals surface area (Å²) in [5.74, 6) is 0.639. The Morgan fingerprint density at radius 2 is 1.92 bits per heavy atom. The Kier molecular flexibility index (Phi) is 7.31. The van der Waals surface area contributed by atoms with Crippen LogP contribution in [0.15, 0.2) is 30.3 Å². The van der Waals surface area contributed by atoms with Crippen molar-refractivity contribution in [2.24, 2.45) is 5.92 Å². The van der Waals surface area contributed by atoms with Gasteiger partial charge in [0.2, 0.25) is 5.91 Å². The minimum absolute atomic E-state index is 0.0896. The van der Waals surface area contributed by atoms with Crippen LogP contribution in [-0.4, -0.2) is 31.8 Å². The lowest BCUT2D eigenvalue weighted by Gasteiger charge is -2.31. The van der Waals surface area contributed by atoms with E-state index in [2.05, 4.69) is 29.6 Å². The summed E-state index contributed by atoms with van der Waals surface area (Å²) in [4.78, 5) is 12.4. The predicted octanol–water partition coefficient (Wildman–Crippen LogP) is 4.01. The Morgan fingerprint density at radius 1 is 1.12 bits per heavy atom.